The number of fused-ring (bicyclic) bond motifs is 2. The lowest BCUT2D eigenvalue weighted by molar-refractivity contribution is 0.0213. The normalized spacial score (nSPS) is 23.9. The zero-order chi connectivity index (χ0) is 17.2. The number of ether oxygens (including phenoxy) is 1. The molecule has 1 aliphatic heterocycles. The van der Waals surface area contributed by atoms with Crippen molar-refractivity contribution in [2.45, 2.75) is 44.9 Å². The average Bonchev–Trinajstić information content (AvgIpc) is 3.02. The van der Waals surface area contributed by atoms with E-state index in [1.165, 1.54) is 17.5 Å². The van der Waals surface area contributed by atoms with Crippen LogP contribution in [-0.2, 0) is 24.2 Å². The summed E-state index contributed by atoms with van der Waals surface area (Å²) in [7, 11) is 0. The molecule has 0 saturated carbocycles. The van der Waals surface area contributed by atoms with E-state index in [2.05, 4.69) is 42.2 Å². The summed E-state index contributed by atoms with van der Waals surface area (Å²) in [5.74, 6) is 1.19. The third kappa shape index (κ3) is 3.58. The molecule has 1 saturated heterocycles. The van der Waals surface area contributed by atoms with Crippen molar-refractivity contribution >= 4 is 0 Å². The Morgan fingerprint density at radius 3 is 2.80 bits per heavy atom. The highest BCUT2D eigenvalue weighted by Crippen LogP contribution is 2.38. The fourth-order valence-electron chi connectivity index (χ4n) is 4.48. The number of hydrogen-bond donors (Lipinski definition) is 1. The van der Waals surface area contributed by atoms with Crippen LogP contribution in [0.3, 0.4) is 0 Å². The van der Waals surface area contributed by atoms with Gasteiger partial charge in [0.2, 0.25) is 0 Å². The molecule has 0 unspecified atom stereocenters. The minimum atomic E-state index is 0.213. The summed E-state index contributed by atoms with van der Waals surface area (Å²) in [5, 5.41) is 10.2. The highest BCUT2D eigenvalue weighted by molar-refractivity contribution is 5.42. The molecule has 0 spiro atoms. The SMILES string of the molecule is C[C@@H](CN1CC[C@H]2Cc3cccc(O)c3C[C@@H]21)OCc1ccccc1. The van der Waals surface area contributed by atoms with Crippen molar-refractivity contribution in [2.24, 2.45) is 5.92 Å². The number of nitrogens with zero attached hydrogens (tertiary/aromatic N) is 1. The summed E-state index contributed by atoms with van der Waals surface area (Å²) in [6, 6.07) is 16.9. The fraction of sp³-hybridized carbons (Fsp3) is 0.455. The van der Waals surface area contributed by atoms with Crippen LogP contribution in [-0.4, -0.2) is 35.2 Å². The monoisotopic (exact) mass is 337 g/mol. The largest absolute Gasteiger partial charge is 0.508 e. The zero-order valence-corrected chi connectivity index (χ0v) is 14.9. The molecule has 0 bridgehead atoms. The number of hydrogen-bond acceptors (Lipinski definition) is 3. The standard InChI is InChI=1S/C22H27NO2/c1-16(25-15-17-6-3-2-4-7-17)14-23-11-10-19-12-18-8-5-9-22(24)20(18)13-21(19)23/h2-9,16,19,21,24H,10-15H2,1H3/t16-,19-,21-/m0/s1. The first-order chi connectivity index (χ1) is 12.2. The molecule has 2 aromatic carbocycles. The third-order valence-electron chi connectivity index (χ3n) is 5.81. The topological polar surface area (TPSA) is 32.7 Å². The first kappa shape index (κ1) is 16.6. The van der Waals surface area contributed by atoms with Gasteiger partial charge in [0.05, 0.1) is 12.7 Å². The summed E-state index contributed by atoms with van der Waals surface area (Å²) in [4.78, 5) is 2.58. The minimum Gasteiger partial charge on any atom is -0.508 e. The van der Waals surface area contributed by atoms with E-state index in [1.54, 1.807) is 0 Å². The molecule has 3 nitrogen and oxygen atoms in total. The van der Waals surface area contributed by atoms with Gasteiger partial charge in [-0.3, -0.25) is 4.90 Å². The van der Waals surface area contributed by atoms with Crippen molar-refractivity contribution in [1.29, 1.82) is 0 Å². The third-order valence-corrected chi connectivity index (χ3v) is 5.81. The molecule has 3 atom stereocenters. The van der Waals surface area contributed by atoms with Gasteiger partial charge in [0.15, 0.2) is 0 Å². The predicted molar refractivity (Wildman–Crippen MR) is 99.7 cm³/mol. The Bertz CT molecular complexity index is 715. The van der Waals surface area contributed by atoms with Crippen molar-refractivity contribution < 1.29 is 9.84 Å². The lowest BCUT2D eigenvalue weighted by Gasteiger charge is -2.34. The lowest BCUT2D eigenvalue weighted by atomic mass is 9.80. The molecule has 0 aromatic heterocycles. The van der Waals surface area contributed by atoms with Crippen molar-refractivity contribution in [3.05, 3.63) is 65.2 Å². The molecule has 4 rings (SSSR count). The van der Waals surface area contributed by atoms with E-state index in [-0.39, 0.29) is 6.10 Å². The summed E-state index contributed by atoms with van der Waals surface area (Å²) < 4.78 is 6.07. The number of phenolic OH excluding ortho intramolecular Hbond substituents is 1. The Labute approximate surface area is 150 Å². The Hall–Kier alpha value is -1.84. The van der Waals surface area contributed by atoms with Crippen LogP contribution in [0.4, 0.5) is 0 Å². The van der Waals surface area contributed by atoms with Gasteiger partial charge >= 0.3 is 0 Å². The Morgan fingerprint density at radius 1 is 1.12 bits per heavy atom. The smallest absolute Gasteiger partial charge is 0.119 e. The van der Waals surface area contributed by atoms with E-state index < -0.39 is 0 Å². The van der Waals surface area contributed by atoms with Crippen LogP contribution in [0.1, 0.15) is 30.0 Å². The van der Waals surface area contributed by atoms with Crippen molar-refractivity contribution in [3.8, 4) is 5.75 Å². The summed E-state index contributed by atoms with van der Waals surface area (Å²) in [6.45, 7) is 4.96. The molecule has 2 aliphatic rings. The Balaban J connectivity index is 1.37. The molecule has 1 aliphatic carbocycles. The quantitative estimate of drug-likeness (QED) is 0.901. The molecule has 1 N–H and O–H groups in total. The number of rotatable bonds is 5. The maximum atomic E-state index is 10.2. The van der Waals surface area contributed by atoms with Gasteiger partial charge in [-0.25, -0.2) is 0 Å². The molecule has 2 aromatic rings. The molecule has 3 heteroatoms. The van der Waals surface area contributed by atoms with Crippen LogP contribution < -0.4 is 0 Å². The molecule has 0 amide bonds. The van der Waals surface area contributed by atoms with Gasteiger partial charge in [0, 0.05) is 12.6 Å². The molecule has 132 valence electrons. The summed E-state index contributed by atoms with van der Waals surface area (Å²) >= 11 is 0. The molecule has 0 radical (unpaired) electrons. The van der Waals surface area contributed by atoms with E-state index in [9.17, 15) is 5.11 Å². The number of likely N-dealkylation sites (tertiary alicyclic amines) is 1. The van der Waals surface area contributed by atoms with E-state index in [4.69, 9.17) is 4.74 Å². The van der Waals surface area contributed by atoms with Crippen LogP contribution in [0.15, 0.2) is 48.5 Å². The fourth-order valence-corrected chi connectivity index (χ4v) is 4.48. The van der Waals surface area contributed by atoms with Crippen molar-refractivity contribution in [3.63, 3.8) is 0 Å². The number of benzene rings is 2. The van der Waals surface area contributed by atoms with Gasteiger partial charge < -0.3 is 9.84 Å². The van der Waals surface area contributed by atoms with Gasteiger partial charge in [-0.1, -0.05) is 42.5 Å². The van der Waals surface area contributed by atoms with Crippen LogP contribution in [0.2, 0.25) is 0 Å². The summed E-state index contributed by atoms with van der Waals surface area (Å²) in [6.07, 6.45) is 3.54. The van der Waals surface area contributed by atoms with Gasteiger partial charge in [0.1, 0.15) is 5.75 Å². The zero-order valence-electron chi connectivity index (χ0n) is 14.9. The lowest BCUT2D eigenvalue weighted by Crippen LogP contribution is -2.41. The maximum absolute atomic E-state index is 10.2. The van der Waals surface area contributed by atoms with Crippen molar-refractivity contribution in [2.75, 3.05) is 13.1 Å². The number of phenols is 1. The maximum Gasteiger partial charge on any atom is 0.119 e. The predicted octanol–water partition coefficient (Wildman–Crippen LogP) is 3.79. The van der Waals surface area contributed by atoms with Gasteiger partial charge in [0.25, 0.3) is 0 Å². The van der Waals surface area contributed by atoms with E-state index in [1.807, 2.05) is 18.2 Å². The van der Waals surface area contributed by atoms with Gasteiger partial charge in [-0.2, -0.15) is 0 Å². The van der Waals surface area contributed by atoms with Gasteiger partial charge in [-0.15, -0.1) is 0 Å². The molecule has 1 fully saturated rings. The second-order valence-corrected chi connectivity index (χ2v) is 7.54. The molecular weight excluding hydrogens is 310 g/mol. The number of aromatic hydroxyl groups is 1. The van der Waals surface area contributed by atoms with Crippen molar-refractivity contribution in [1.82, 2.24) is 4.90 Å². The Kier molecular flexibility index (Phi) is 4.78. The van der Waals surface area contributed by atoms with E-state index >= 15 is 0 Å². The molecular formula is C22H27NO2. The van der Waals surface area contributed by atoms with Crippen LogP contribution >= 0.6 is 0 Å². The highest BCUT2D eigenvalue weighted by Gasteiger charge is 2.38. The molecule has 25 heavy (non-hydrogen) atoms. The van der Waals surface area contributed by atoms with Crippen LogP contribution in [0, 0.1) is 5.92 Å². The highest BCUT2D eigenvalue weighted by atomic mass is 16.5. The first-order valence-corrected chi connectivity index (χ1v) is 9.40. The van der Waals surface area contributed by atoms with Crippen LogP contribution in [0.5, 0.6) is 5.75 Å². The van der Waals surface area contributed by atoms with E-state index in [0.717, 1.165) is 37.4 Å². The van der Waals surface area contributed by atoms with Crippen LogP contribution in [0.25, 0.3) is 0 Å². The average molecular weight is 337 g/mol. The molecule has 1 heterocycles. The second kappa shape index (κ2) is 7.19. The summed E-state index contributed by atoms with van der Waals surface area (Å²) in [5.41, 5.74) is 3.73. The second-order valence-electron chi connectivity index (χ2n) is 7.54. The first-order valence-electron chi connectivity index (χ1n) is 9.40. The minimum absolute atomic E-state index is 0.213. The Morgan fingerprint density at radius 2 is 1.96 bits per heavy atom. The van der Waals surface area contributed by atoms with Gasteiger partial charge in [-0.05, 0) is 61.4 Å². The van der Waals surface area contributed by atoms with E-state index in [0.29, 0.717) is 18.4 Å².